The van der Waals surface area contributed by atoms with E-state index in [0.717, 1.165) is 13.3 Å². The van der Waals surface area contributed by atoms with Crippen molar-refractivity contribution in [1.29, 1.82) is 0 Å². The highest BCUT2D eigenvalue weighted by atomic mass is 16.4. The maximum atomic E-state index is 9.00. The maximum Gasteiger partial charge on any atom is 0.300 e. The van der Waals surface area contributed by atoms with Gasteiger partial charge in [-0.15, -0.1) is 6.58 Å². The highest BCUT2D eigenvalue weighted by Gasteiger charge is 1.90. The Morgan fingerprint density at radius 2 is 1.63 bits per heavy atom. The molecule has 1 unspecified atom stereocenters. The molecule has 0 saturated carbocycles. The van der Waals surface area contributed by atoms with E-state index >= 15 is 0 Å². The lowest BCUT2D eigenvalue weighted by atomic mass is 10.1. The second-order valence-electron chi connectivity index (χ2n) is 4.68. The van der Waals surface area contributed by atoms with E-state index in [2.05, 4.69) is 25.7 Å². The number of carboxylic acid groups (broad SMARTS) is 1. The number of aliphatic hydroxyl groups excluding tert-OH is 1. The molecular weight excluding hydrogens is 240 g/mol. The van der Waals surface area contributed by atoms with Crippen LogP contribution in [0.5, 0.6) is 0 Å². The SMILES string of the molecule is C=CC(C)C=CCCCCCCCCO.CC(=O)O. The van der Waals surface area contributed by atoms with E-state index in [4.69, 9.17) is 15.0 Å². The second-order valence-corrected chi connectivity index (χ2v) is 4.68. The average Bonchev–Trinajstić information content (AvgIpc) is 2.36. The Labute approximate surface area is 118 Å². The largest absolute Gasteiger partial charge is 0.481 e. The van der Waals surface area contributed by atoms with Gasteiger partial charge in [-0.2, -0.15) is 0 Å². The fourth-order valence-electron chi connectivity index (χ4n) is 1.47. The van der Waals surface area contributed by atoms with Gasteiger partial charge in [0, 0.05) is 13.5 Å². The van der Waals surface area contributed by atoms with E-state index in [1.807, 2.05) is 6.08 Å². The van der Waals surface area contributed by atoms with Gasteiger partial charge in [0.25, 0.3) is 5.97 Å². The highest BCUT2D eigenvalue weighted by molar-refractivity contribution is 5.62. The van der Waals surface area contributed by atoms with Crippen molar-refractivity contribution < 1.29 is 15.0 Å². The minimum atomic E-state index is -0.833. The van der Waals surface area contributed by atoms with Crippen LogP contribution in [0.15, 0.2) is 24.8 Å². The first-order chi connectivity index (χ1) is 9.04. The first-order valence-electron chi connectivity index (χ1n) is 7.14. The number of hydrogen-bond donors (Lipinski definition) is 2. The zero-order valence-electron chi connectivity index (χ0n) is 12.5. The number of unbranched alkanes of at least 4 members (excludes halogenated alkanes) is 6. The summed E-state index contributed by atoms with van der Waals surface area (Å²) in [7, 11) is 0. The second kappa shape index (κ2) is 16.9. The minimum Gasteiger partial charge on any atom is -0.481 e. The summed E-state index contributed by atoms with van der Waals surface area (Å²) in [6.45, 7) is 7.33. The zero-order chi connectivity index (χ0) is 14.9. The normalized spacial score (nSPS) is 11.7. The van der Waals surface area contributed by atoms with E-state index < -0.39 is 5.97 Å². The predicted molar refractivity (Wildman–Crippen MR) is 81.2 cm³/mol. The lowest BCUT2D eigenvalue weighted by Gasteiger charge is -1.99. The van der Waals surface area contributed by atoms with Gasteiger partial charge in [0.05, 0.1) is 0 Å². The van der Waals surface area contributed by atoms with Gasteiger partial charge in [-0.3, -0.25) is 4.79 Å². The van der Waals surface area contributed by atoms with Crippen LogP contribution < -0.4 is 0 Å². The molecule has 112 valence electrons. The fourth-order valence-corrected chi connectivity index (χ4v) is 1.47. The molecule has 3 nitrogen and oxygen atoms in total. The minimum absolute atomic E-state index is 0.349. The number of rotatable bonds is 10. The monoisotopic (exact) mass is 270 g/mol. The molecule has 19 heavy (non-hydrogen) atoms. The first-order valence-corrected chi connectivity index (χ1v) is 7.14. The van der Waals surface area contributed by atoms with Crippen molar-refractivity contribution in [2.45, 2.75) is 58.8 Å². The smallest absolute Gasteiger partial charge is 0.300 e. The number of carbonyl (C=O) groups is 1. The molecule has 0 saturated heterocycles. The van der Waals surface area contributed by atoms with E-state index in [1.165, 1.54) is 38.5 Å². The molecule has 0 aromatic rings. The van der Waals surface area contributed by atoms with Crippen LogP contribution in [0.3, 0.4) is 0 Å². The molecule has 0 aliphatic rings. The van der Waals surface area contributed by atoms with Gasteiger partial charge in [-0.05, 0) is 25.2 Å². The molecule has 0 fully saturated rings. The molecule has 0 radical (unpaired) electrons. The van der Waals surface area contributed by atoms with Gasteiger partial charge >= 0.3 is 0 Å². The summed E-state index contributed by atoms with van der Waals surface area (Å²) in [5.41, 5.74) is 0. The third-order valence-electron chi connectivity index (χ3n) is 2.59. The van der Waals surface area contributed by atoms with Crippen molar-refractivity contribution in [1.82, 2.24) is 0 Å². The van der Waals surface area contributed by atoms with Crippen molar-refractivity contribution in [3.63, 3.8) is 0 Å². The maximum absolute atomic E-state index is 9.00. The molecule has 1 atom stereocenters. The van der Waals surface area contributed by atoms with E-state index in [0.29, 0.717) is 12.5 Å². The third-order valence-corrected chi connectivity index (χ3v) is 2.59. The van der Waals surface area contributed by atoms with Crippen molar-refractivity contribution in [2.75, 3.05) is 6.61 Å². The van der Waals surface area contributed by atoms with Gasteiger partial charge in [-0.1, -0.05) is 50.8 Å². The number of hydrogen-bond acceptors (Lipinski definition) is 2. The van der Waals surface area contributed by atoms with Crippen molar-refractivity contribution >= 4 is 5.97 Å². The highest BCUT2D eigenvalue weighted by Crippen LogP contribution is 2.08. The summed E-state index contributed by atoms with van der Waals surface area (Å²) in [6.07, 6.45) is 15.0. The standard InChI is InChI=1S/C14H26O.C2H4O2/c1-3-14(2)12-10-8-6-4-5-7-9-11-13-15;1-2(3)4/h3,10,12,14-15H,1,4-9,11,13H2,2H3;1H3,(H,3,4). The van der Waals surface area contributed by atoms with Gasteiger partial charge in [-0.25, -0.2) is 0 Å². The predicted octanol–water partition coefficient (Wildman–Crippen LogP) is 4.18. The Balaban J connectivity index is 0. The zero-order valence-corrected chi connectivity index (χ0v) is 12.5. The quantitative estimate of drug-likeness (QED) is 0.462. The van der Waals surface area contributed by atoms with Gasteiger partial charge < -0.3 is 10.2 Å². The fraction of sp³-hybridized carbons (Fsp3) is 0.688. The van der Waals surface area contributed by atoms with E-state index in [9.17, 15) is 0 Å². The Kier molecular flexibility index (Phi) is 18.0. The summed E-state index contributed by atoms with van der Waals surface area (Å²) >= 11 is 0. The van der Waals surface area contributed by atoms with E-state index in [-0.39, 0.29) is 0 Å². The lowest BCUT2D eigenvalue weighted by Crippen LogP contribution is -1.84. The van der Waals surface area contributed by atoms with Gasteiger partial charge in [0.1, 0.15) is 0 Å². The number of aliphatic hydroxyl groups is 1. The summed E-state index contributed by atoms with van der Waals surface area (Å²) in [5.74, 6) is -0.324. The van der Waals surface area contributed by atoms with Crippen LogP contribution in [0.25, 0.3) is 0 Å². The number of carboxylic acids is 1. The Morgan fingerprint density at radius 3 is 2.11 bits per heavy atom. The average molecular weight is 270 g/mol. The van der Waals surface area contributed by atoms with Crippen molar-refractivity contribution in [3.05, 3.63) is 24.8 Å². The number of allylic oxidation sites excluding steroid dienone is 3. The van der Waals surface area contributed by atoms with E-state index in [1.54, 1.807) is 0 Å². The molecule has 0 aromatic carbocycles. The molecule has 0 aliphatic carbocycles. The number of aliphatic carboxylic acids is 1. The summed E-state index contributed by atoms with van der Waals surface area (Å²) in [4.78, 5) is 9.00. The molecule has 0 rings (SSSR count). The Bertz CT molecular complexity index is 230. The molecule has 0 spiro atoms. The van der Waals surface area contributed by atoms with Crippen molar-refractivity contribution in [3.8, 4) is 0 Å². The van der Waals surface area contributed by atoms with Crippen LogP contribution in [0, 0.1) is 5.92 Å². The Morgan fingerprint density at radius 1 is 1.16 bits per heavy atom. The van der Waals surface area contributed by atoms with Gasteiger partial charge in [0.15, 0.2) is 0 Å². The molecule has 0 bridgehead atoms. The summed E-state index contributed by atoms with van der Waals surface area (Å²) in [6, 6.07) is 0. The molecule has 0 aliphatic heterocycles. The molecule has 2 N–H and O–H groups in total. The van der Waals surface area contributed by atoms with Crippen LogP contribution in [0.2, 0.25) is 0 Å². The molecule has 0 amide bonds. The topological polar surface area (TPSA) is 57.5 Å². The van der Waals surface area contributed by atoms with Crippen LogP contribution in [0.1, 0.15) is 58.8 Å². The molecular formula is C16H30O3. The van der Waals surface area contributed by atoms with Crippen LogP contribution >= 0.6 is 0 Å². The molecule has 0 heterocycles. The van der Waals surface area contributed by atoms with Crippen LogP contribution in [-0.2, 0) is 4.79 Å². The lowest BCUT2D eigenvalue weighted by molar-refractivity contribution is -0.134. The molecule has 3 heteroatoms. The summed E-state index contributed by atoms with van der Waals surface area (Å²) < 4.78 is 0. The van der Waals surface area contributed by atoms with Crippen LogP contribution in [-0.4, -0.2) is 22.8 Å². The van der Waals surface area contributed by atoms with Crippen molar-refractivity contribution in [2.24, 2.45) is 5.92 Å². The van der Waals surface area contributed by atoms with Gasteiger partial charge in [0.2, 0.25) is 0 Å². The molecule has 0 aromatic heterocycles. The Hall–Kier alpha value is -1.09. The van der Waals surface area contributed by atoms with Crippen LogP contribution in [0.4, 0.5) is 0 Å². The first kappa shape index (κ1) is 20.2. The summed E-state index contributed by atoms with van der Waals surface area (Å²) in [5, 5.41) is 16.0. The third kappa shape index (κ3) is 26.5.